The number of halogens is 1. The SMILES string of the molecule is CCCCCCCCCCCCCCCCCC[n+]1ccc(-c2ncc(-c3ccc(OC)cc3)cn2)cc1.[Br-]. The third kappa shape index (κ3) is 13.1. The van der Waals surface area contributed by atoms with Crippen LogP contribution in [0.1, 0.15) is 110 Å². The van der Waals surface area contributed by atoms with Crippen molar-refractivity contribution in [1.82, 2.24) is 9.97 Å². The van der Waals surface area contributed by atoms with E-state index in [9.17, 15) is 0 Å². The molecule has 0 amide bonds. The second kappa shape index (κ2) is 20.6. The Morgan fingerprint density at radius 3 is 1.49 bits per heavy atom. The molecule has 0 aliphatic rings. The van der Waals surface area contributed by atoms with Gasteiger partial charge in [-0.25, -0.2) is 14.5 Å². The zero-order valence-electron chi connectivity index (χ0n) is 24.4. The highest BCUT2D eigenvalue weighted by molar-refractivity contribution is 5.64. The normalized spacial score (nSPS) is 10.8. The van der Waals surface area contributed by atoms with Crippen LogP contribution in [0, 0.1) is 0 Å². The van der Waals surface area contributed by atoms with E-state index >= 15 is 0 Å². The van der Waals surface area contributed by atoms with Gasteiger partial charge >= 0.3 is 0 Å². The monoisotopic (exact) mass is 595 g/mol. The summed E-state index contributed by atoms with van der Waals surface area (Å²) in [6.45, 7) is 3.37. The van der Waals surface area contributed by atoms with E-state index in [1.165, 1.54) is 103 Å². The minimum Gasteiger partial charge on any atom is -1.00 e. The lowest BCUT2D eigenvalue weighted by molar-refractivity contribution is -0.697. The van der Waals surface area contributed by atoms with Crippen LogP contribution in [-0.2, 0) is 6.54 Å². The molecule has 0 atom stereocenters. The first-order chi connectivity index (χ1) is 18.8. The molecule has 0 aliphatic heterocycles. The van der Waals surface area contributed by atoms with Crippen LogP contribution in [-0.4, -0.2) is 17.1 Å². The largest absolute Gasteiger partial charge is 1.00 e. The highest BCUT2D eigenvalue weighted by atomic mass is 79.9. The standard InChI is InChI=1S/C34H50N3O.BrH/c1-3-4-5-6-7-8-9-10-11-12-13-14-15-16-17-18-25-37-26-23-31(24-27-37)34-35-28-32(29-36-34)30-19-21-33(38-2)22-20-30;/h19-24,26-29H,3-18,25H2,1-2H3;1H/q+1;/p-1. The summed E-state index contributed by atoms with van der Waals surface area (Å²) in [6.07, 6.45) is 30.6. The molecule has 1 aromatic carbocycles. The van der Waals surface area contributed by atoms with Crippen molar-refractivity contribution in [2.75, 3.05) is 7.11 Å². The number of hydrogen-bond acceptors (Lipinski definition) is 3. The highest BCUT2D eigenvalue weighted by Gasteiger charge is 2.07. The van der Waals surface area contributed by atoms with Gasteiger partial charge in [-0.05, 0) is 24.1 Å². The number of aryl methyl sites for hydroxylation is 1. The number of pyridine rings is 1. The third-order valence-corrected chi connectivity index (χ3v) is 7.49. The van der Waals surface area contributed by atoms with Crippen molar-refractivity contribution in [3.8, 4) is 28.3 Å². The molecule has 39 heavy (non-hydrogen) atoms. The predicted molar refractivity (Wildman–Crippen MR) is 159 cm³/mol. The van der Waals surface area contributed by atoms with Gasteiger partial charge in [0.05, 0.1) is 7.11 Å². The zero-order valence-corrected chi connectivity index (χ0v) is 26.0. The average Bonchev–Trinajstić information content (AvgIpc) is 2.97. The van der Waals surface area contributed by atoms with Crippen molar-refractivity contribution in [3.05, 3.63) is 61.2 Å². The van der Waals surface area contributed by atoms with Gasteiger partial charge in [0, 0.05) is 42.1 Å². The maximum absolute atomic E-state index is 5.23. The van der Waals surface area contributed by atoms with Crippen LogP contribution in [0.5, 0.6) is 5.75 Å². The lowest BCUT2D eigenvalue weighted by atomic mass is 10.0. The number of rotatable bonds is 20. The van der Waals surface area contributed by atoms with Gasteiger partial charge in [-0.1, -0.05) is 109 Å². The average molecular weight is 597 g/mol. The molecule has 3 rings (SSSR count). The molecule has 2 aromatic heterocycles. The molecule has 214 valence electrons. The second-order valence-electron chi connectivity index (χ2n) is 10.7. The van der Waals surface area contributed by atoms with Crippen LogP contribution >= 0.6 is 0 Å². The van der Waals surface area contributed by atoms with Gasteiger partial charge in [0.15, 0.2) is 18.2 Å². The molecule has 0 fully saturated rings. The topological polar surface area (TPSA) is 38.9 Å². The number of hydrogen-bond donors (Lipinski definition) is 0. The van der Waals surface area contributed by atoms with Crippen molar-refractivity contribution in [2.24, 2.45) is 0 Å². The molecule has 0 aliphatic carbocycles. The lowest BCUT2D eigenvalue weighted by Gasteiger charge is -2.05. The van der Waals surface area contributed by atoms with Gasteiger partial charge in [-0.15, -0.1) is 0 Å². The van der Waals surface area contributed by atoms with Crippen LogP contribution in [0.3, 0.4) is 0 Å². The molecular formula is C34H50BrN3O. The van der Waals surface area contributed by atoms with Gasteiger partial charge in [0.25, 0.3) is 0 Å². The molecule has 5 heteroatoms. The molecule has 0 spiro atoms. The lowest BCUT2D eigenvalue weighted by Crippen LogP contribution is -3.00. The van der Waals surface area contributed by atoms with E-state index in [-0.39, 0.29) is 17.0 Å². The highest BCUT2D eigenvalue weighted by Crippen LogP contribution is 2.22. The Bertz CT molecular complexity index is 990. The van der Waals surface area contributed by atoms with E-state index in [4.69, 9.17) is 4.74 Å². The van der Waals surface area contributed by atoms with E-state index < -0.39 is 0 Å². The molecular weight excluding hydrogens is 546 g/mol. The van der Waals surface area contributed by atoms with Crippen LogP contribution in [0.4, 0.5) is 0 Å². The van der Waals surface area contributed by atoms with Crippen molar-refractivity contribution in [1.29, 1.82) is 0 Å². The number of aromatic nitrogens is 3. The third-order valence-electron chi connectivity index (χ3n) is 7.49. The summed E-state index contributed by atoms with van der Waals surface area (Å²) in [5, 5.41) is 0. The number of methoxy groups -OCH3 is 1. The van der Waals surface area contributed by atoms with Crippen LogP contribution < -0.4 is 26.3 Å². The summed E-state index contributed by atoms with van der Waals surface area (Å²) in [7, 11) is 1.68. The maximum Gasteiger partial charge on any atom is 0.169 e. The summed E-state index contributed by atoms with van der Waals surface area (Å²) >= 11 is 0. The van der Waals surface area contributed by atoms with Crippen molar-refractivity contribution >= 4 is 0 Å². The smallest absolute Gasteiger partial charge is 0.169 e. The first-order valence-corrected chi connectivity index (χ1v) is 15.3. The predicted octanol–water partition coefficient (Wildman–Crippen LogP) is 6.37. The van der Waals surface area contributed by atoms with Gasteiger partial charge < -0.3 is 21.7 Å². The summed E-state index contributed by atoms with van der Waals surface area (Å²) in [5.41, 5.74) is 3.14. The molecule has 0 saturated carbocycles. The fourth-order valence-corrected chi connectivity index (χ4v) is 5.01. The Balaban J connectivity index is 0.00000533. The summed E-state index contributed by atoms with van der Waals surface area (Å²) in [4.78, 5) is 9.19. The van der Waals surface area contributed by atoms with E-state index in [0.29, 0.717) is 0 Å². The Morgan fingerprint density at radius 2 is 1.03 bits per heavy atom. The van der Waals surface area contributed by atoms with Gasteiger partial charge in [0.2, 0.25) is 0 Å². The summed E-state index contributed by atoms with van der Waals surface area (Å²) < 4.78 is 7.51. The fraction of sp³-hybridized carbons (Fsp3) is 0.559. The molecule has 4 nitrogen and oxygen atoms in total. The quantitative estimate of drug-likeness (QED) is 0.112. The minimum atomic E-state index is 0. The zero-order chi connectivity index (χ0) is 26.7. The van der Waals surface area contributed by atoms with Crippen LogP contribution in [0.2, 0.25) is 0 Å². The van der Waals surface area contributed by atoms with Gasteiger partial charge in [-0.2, -0.15) is 0 Å². The molecule has 2 heterocycles. The molecule has 0 saturated heterocycles. The van der Waals surface area contributed by atoms with E-state index in [0.717, 1.165) is 34.8 Å². The van der Waals surface area contributed by atoms with Crippen molar-refractivity contribution < 1.29 is 26.3 Å². The second-order valence-corrected chi connectivity index (χ2v) is 10.7. The molecule has 0 radical (unpaired) electrons. The van der Waals surface area contributed by atoms with Crippen molar-refractivity contribution in [2.45, 2.75) is 116 Å². The Kier molecular flexibility index (Phi) is 17.4. The first kappa shape index (κ1) is 32.9. The van der Waals surface area contributed by atoms with E-state index in [1.807, 2.05) is 36.7 Å². The van der Waals surface area contributed by atoms with Crippen LogP contribution in [0.25, 0.3) is 22.5 Å². The summed E-state index contributed by atoms with van der Waals surface area (Å²) in [5.74, 6) is 1.61. The van der Waals surface area contributed by atoms with E-state index in [1.54, 1.807) is 7.11 Å². The first-order valence-electron chi connectivity index (χ1n) is 15.3. The Labute approximate surface area is 248 Å². The number of ether oxygens (including phenoxy) is 1. The Morgan fingerprint density at radius 1 is 0.564 bits per heavy atom. The molecule has 0 unspecified atom stereocenters. The van der Waals surface area contributed by atoms with Crippen LogP contribution in [0.15, 0.2) is 61.2 Å². The number of benzene rings is 1. The Hall–Kier alpha value is -2.27. The molecule has 3 aromatic rings. The van der Waals surface area contributed by atoms with E-state index in [2.05, 4.69) is 46.0 Å². The molecule has 0 bridgehead atoms. The fourth-order valence-electron chi connectivity index (χ4n) is 5.01. The van der Waals surface area contributed by atoms with Gasteiger partial charge in [0.1, 0.15) is 12.3 Å². The van der Waals surface area contributed by atoms with Crippen molar-refractivity contribution in [3.63, 3.8) is 0 Å². The molecule has 0 N–H and O–H groups in total. The number of nitrogens with zero attached hydrogens (tertiary/aromatic N) is 3. The minimum absolute atomic E-state index is 0. The summed E-state index contributed by atoms with van der Waals surface area (Å²) in [6, 6.07) is 12.2. The van der Waals surface area contributed by atoms with Gasteiger partial charge in [-0.3, -0.25) is 0 Å². The number of unbranched alkanes of at least 4 members (excludes halogenated alkanes) is 15. The maximum atomic E-state index is 5.23.